The van der Waals surface area contributed by atoms with Crippen molar-refractivity contribution in [2.24, 2.45) is 5.92 Å². The molecule has 1 aliphatic heterocycles. The minimum Gasteiger partial charge on any atom is -0.390 e. The molecule has 0 bridgehead atoms. The Bertz CT molecular complexity index is 1400. The van der Waals surface area contributed by atoms with Crippen LogP contribution in [0.3, 0.4) is 0 Å². The summed E-state index contributed by atoms with van der Waals surface area (Å²) in [4.78, 5) is 40.8. The number of nitrogens with zero attached hydrogens (tertiary/aromatic N) is 4. The number of hydrogen-bond acceptors (Lipinski definition) is 7. The molecule has 0 aliphatic carbocycles. The number of amides is 1. The number of rotatable bonds is 5. The topological polar surface area (TPSA) is 124 Å². The zero-order valence-electron chi connectivity index (χ0n) is 20.6. The van der Waals surface area contributed by atoms with Crippen LogP contribution in [0.25, 0.3) is 10.9 Å². The van der Waals surface area contributed by atoms with Crippen LogP contribution in [-0.2, 0) is 6.18 Å². The number of aromatic amines is 1. The Morgan fingerprint density at radius 1 is 1.27 bits per heavy atom. The summed E-state index contributed by atoms with van der Waals surface area (Å²) >= 11 is 0. The van der Waals surface area contributed by atoms with E-state index < -0.39 is 45.8 Å². The fourth-order valence-corrected chi connectivity index (χ4v) is 4.49. The largest absolute Gasteiger partial charge is 0.419 e. The molecule has 37 heavy (non-hydrogen) atoms. The first-order valence-corrected chi connectivity index (χ1v) is 11.6. The first kappa shape index (κ1) is 26.5. The number of nitrogens with one attached hydrogen (secondary N) is 2. The number of carbonyl (C=O) groups is 1. The molecule has 4 rings (SSSR count). The Kier molecular flexibility index (Phi) is 6.69. The Labute approximate surface area is 209 Å². The van der Waals surface area contributed by atoms with Crippen molar-refractivity contribution in [3.8, 4) is 0 Å². The van der Waals surface area contributed by atoms with Crippen LogP contribution in [-0.4, -0.2) is 54.5 Å². The van der Waals surface area contributed by atoms with E-state index in [9.17, 15) is 27.9 Å². The average molecular weight is 523 g/mol. The van der Waals surface area contributed by atoms with E-state index in [0.717, 1.165) is 6.07 Å². The summed E-state index contributed by atoms with van der Waals surface area (Å²) in [5.74, 6) is -2.15. The number of aromatic nitrogens is 4. The minimum atomic E-state index is -5.06. The molecule has 1 fully saturated rings. The van der Waals surface area contributed by atoms with E-state index in [1.165, 1.54) is 26.2 Å². The maximum absolute atomic E-state index is 15.0. The van der Waals surface area contributed by atoms with Crippen molar-refractivity contribution < 1.29 is 27.5 Å². The molecule has 2 atom stereocenters. The van der Waals surface area contributed by atoms with Gasteiger partial charge < -0.3 is 20.3 Å². The van der Waals surface area contributed by atoms with Gasteiger partial charge in [-0.25, -0.2) is 19.3 Å². The number of carbonyl (C=O) groups excluding carboxylic acids is 1. The molecule has 1 aliphatic rings. The van der Waals surface area contributed by atoms with Gasteiger partial charge in [-0.1, -0.05) is 0 Å². The summed E-state index contributed by atoms with van der Waals surface area (Å²) in [6.45, 7) is 6.90. The lowest BCUT2D eigenvalue weighted by molar-refractivity contribution is -0.140. The second kappa shape index (κ2) is 9.36. The van der Waals surface area contributed by atoms with Crippen LogP contribution < -0.4 is 10.9 Å². The molecule has 1 aromatic carbocycles. The van der Waals surface area contributed by atoms with Crippen LogP contribution in [0.4, 0.5) is 23.5 Å². The summed E-state index contributed by atoms with van der Waals surface area (Å²) < 4.78 is 56.6. The van der Waals surface area contributed by atoms with Crippen molar-refractivity contribution in [3.63, 3.8) is 0 Å². The standard InChI is InChI=1S/C24H26F4N6O3/c1-11(15-7-16-19(32-12(2)33-20(16)35)18(25)17(15)24(26,27)28)31-22-29-8-13(9-30-22)21(36)34-6-5-14(10-34)23(3,4)37/h7-9,11,14,37H,5-6,10H2,1-4H3,(H,29,30,31)(H,32,33,35). The van der Waals surface area contributed by atoms with Crippen molar-refractivity contribution in [3.05, 3.63) is 57.1 Å². The molecule has 9 nitrogen and oxygen atoms in total. The van der Waals surface area contributed by atoms with Gasteiger partial charge in [-0.3, -0.25) is 9.59 Å². The molecule has 0 spiro atoms. The zero-order valence-corrected chi connectivity index (χ0v) is 20.6. The third-order valence-electron chi connectivity index (χ3n) is 6.56. The van der Waals surface area contributed by atoms with Gasteiger partial charge in [0.2, 0.25) is 5.95 Å². The second-order valence-electron chi connectivity index (χ2n) is 9.75. The number of aryl methyl sites for hydroxylation is 1. The van der Waals surface area contributed by atoms with Gasteiger partial charge in [-0.15, -0.1) is 0 Å². The molecule has 1 saturated heterocycles. The van der Waals surface area contributed by atoms with Gasteiger partial charge in [-0.2, -0.15) is 13.2 Å². The molecule has 1 amide bonds. The third kappa shape index (κ3) is 5.26. The van der Waals surface area contributed by atoms with Crippen molar-refractivity contribution >= 4 is 22.8 Å². The van der Waals surface area contributed by atoms with E-state index in [4.69, 9.17) is 0 Å². The van der Waals surface area contributed by atoms with Crippen LogP contribution >= 0.6 is 0 Å². The predicted octanol–water partition coefficient (Wildman–Crippen LogP) is 3.59. The third-order valence-corrected chi connectivity index (χ3v) is 6.56. The number of anilines is 1. The molecule has 198 valence electrons. The molecule has 0 radical (unpaired) electrons. The highest BCUT2D eigenvalue weighted by atomic mass is 19.4. The Morgan fingerprint density at radius 2 is 1.92 bits per heavy atom. The number of hydrogen-bond donors (Lipinski definition) is 3. The second-order valence-corrected chi connectivity index (χ2v) is 9.75. The number of likely N-dealkylation sites (tertiary alicyclic amines) is 1. The summed E-state index contributed by atoms with van der Waals surface area (Å²) in [6, 6.07) is -0.210. The van der Waals surface area contributed by atoms with Gasteiger partial charge in [-0.05, 0) is 45.7 Å². The van der Waals surface area contributed by atoms with E-state index in [0.29, 0.717) is 19.5 Å². The SMILES string of the molecule is Cc1nc2c(F)c(C(F)(F)F)c(C(C)Nc3ncc(C(=O)N4CCC(C(C)(C)O)C4)cn3)cc2c(=O)[nH]1. The highest BCUT2D eigenvalue weighted by Gasteiger charge is 2.40. The van der Waals surface area contributed by atoms with Gasteiger partial charge in [0.25, 0.3) is 11.5 Å². The van der Waals surface area contributed by atoms with E-state index in [-0.39, 0.29) is 34.5 Å². The number of aliphatic hydroxyl groups is 1. The van der Waals surface area contributed by atoms with E-state index in [1.54, 1.807) is 18.7 Å². The number of H-pyrrole nitrogens is 1. The first-order chi connectivity index (χ1) is 17.2. The quantitative estimate of drug-likeness (QED) is 0.438. The molecule has 2 aromatic heterocycles. The molecule has 0 saturated carbocycles. The smallest absolute Gasteiger partial charge is 0.390 e. The van der Waals surface area contributed by atoms with Gasteiger partial charge in [0.15, 0.2) is 5.82 Å². The summed E-state index contributed by atoms with van der Waals surface area (Å²) in [5, 5.41) is 12.5. The Balaban J connectivity index is 1.59. The van der Waals surface area contributed by atoms with Gasteiger partial charge in [0, 0.05) is 31.4 Å². The lowest BCUT2D eigenvalue weighted by atomic mass is 9.90. The number of alkyl halides is 3. The normalized spacial score (nSPS) is 17.3. The van der Waals surface area contributed by atoms with Gasteiger partial charge in [0.05, 0.1) is 28.2 Å². The molecule has 3 heterocycles. The molecule has 2 unspecified atom stereocenters. The molecule has 3 aromatic rings. The van der Waals surface area contributed by atoms with Crippen LogP contribution in [0.5, 0.6) is 0 Å². The van der Waals surface area contributed by atoms with Gasteiger partial charge >= 0.3 is 6.18 Å². The Hall–Kier alpha value is -3.61. The number of benzene rings is 1. The highest BCUT2D eigenvalue weighted by molar-refractivity contribution is 5.94. The van der Waals surface area contributed by atoms with Crippen LogP contribution in [0.15, 0.2) is 23.3 Å². The van der Waals surface area contributed by atoms with Crippen molar-refractivity contribution in [1.82, 2.24) is 24.8 Å². The molecular formula is C24H26F4N6O3. The summed E-state index contributed by atoms with van der Waals surface area (Å²) in [7, 11) is 0. The summed E-state index contributed by atoms with van der Waals surface area (Å²) in [6.07, 6.45) is -1.93. The number of halogens is 4. The van der Waals surface area contributed by atoms with Crippen molar-refractivity contribution in [2.45, 2.75) is 51.9 Å². The maximum Gasteiger partial charge on any atom is 0.419 e. The molecule has 13 heteroatoms. The van der Waals surface area contributed by atoms with E-state index in [1.807, 2.05) is 0 Å². The first-order valence-electron chi connectivity index (χ1n) is 11.6. The average Bonchev–Trinajstić information content (AvgIpc) is 3.29. The maximum atomic E-state index is 15.0. The lowest BCUT2D eigenvalue weighted by Gasteiger charge is -2.25. The zero-order chi connectivity index (χ0) is 27.3. The fraction of sp³-hybridized carbons (Fsp3) is 0.458. The van der Waals surface area contributed by atoms with Gasteiger partial charge in [0.1, 0.15) is 11.3 Å². The molecular weight excluding hydrogens is 496 g/mol. The summed E-state index contributed by atoms with van der Waals surface area (Å²) in [5.41, 5.74) is -4.25. The van der Waals surface area contributed by atoms with Crippen molar-refractivity contribution in [2.75, 3.05) is 18.4 Å². The predicted molar refractivity (Wildman–Crippen MR) is 126 cm³/mol. The fourth-order valence-electron chi connectivity index (χ4n) is 4.49. The van der Waals surface area contributed by atoms with Crippen LogP contribution in [0.1, 0.15) is 60.5 Å². The van der Waals surface area contributed by atoms with E-state index >= 15 is 4.39 Å². The lowest BCUT2D eigenvalue weighted by Crippen LogP contribution is -2.35. The van der Waals surface area contributed by atoms with Crippen molar-refractivity contribution in [1.29, 1.82) is 0 Å². The monoisotopic (exact) mass is 522 g/mol. The highest BCUT2D eigenvalue weighted by Crippen LogP contribution is 2.39. The Morgan fingerprint density at radius 3 is 2.49 bits per heavy atom. The number of fused-ring (bicyclic) bond motifs is 1. The molecule has 3 N–H and O–H groups in total. The minimum absolute atomic E-state index is 0.0176. The van der Waals surface area contributed by atoms with E-state index in [2.05, 4.69) is 25.3 Å². The van der Waals surface area contributed by atoms with Crippen LogP contribution in [0, 0.1) is 18.7 Å². The van der Waals surface area contributed by atoms with Crippen LogP contribution in [0.2, 0.25) is 0 Å².